The number of carboxylic acid groups (broad SMARTS) is 4. The number of hydrogen-bond acceptors (Lipinski definition) is 6. The van der Waals surface area contributed by atoms with Crippen LogP contribution in [0.3, 0.4) is 0 Å². The zero-order valence-electron chi connectivity index (χ0n) is 28.3. The highest BCUT2D eigenvalue weighted by Gasteiger charge is 2.41. The Hall–Kier alpha value is -5.64. The second kappa shape index (κ2) is 16.8. The predicted octanol–water partition coefficient (Wildman–Crippen LogP) is 8.80. The van der Waals surface area contributed by atoms with Gasteiger partial charge in [0.1, 0.15) is 11.5 Å². The monoisotopic (exact) mass is 694 g/mol. The SMILES string of the molecule is O=C(O)c1cc(OCCCCCCC2(CCCCCCOc3cc(C(=O)O)cc(C(=O)O)c3)c3ccccc3-c3ccccc32)cc(C(=O)O)c1. The Bertz CT molecular complexity index is 1690. The van der Waals surface area contributed by atoms with Gasteiger partial charge in [0.05, 0.1) is 35.5 Å². The van der Waals surface area contributed by atoms with Crippen molar-refractivity contribution in [2.45, 2.75) is 69.6 Å². The van der Waals surface area contributed by atoms with Gasteiger partial charge in [0.15, 0.2) is 0 Å². The van der Waals surface area contributed by atoms with E-state index in [9.17, 15) is 39.6 Å². The van der Waals surface area contributed by atoms with Crippen molar-refractivity contribution in [2.75, 3.05) is 13.2 Å². The third kappa shape index (κ3) is 8.94. The van der Waals surface area contributed by atoms with Crippen molar-refractivity contribution in [3.8, 4) is 22.6 Å². The van der Waals surface area contributed by atoms with Crippen LogP contribution in [-0.2, 0) is 5.41 Å². The molecular weight excluding hydrogens is 652 g/mol. The molecule has 0 heterocycles. The minimum absolute atomic E-state index is 0.116. The van der Waals surface area contributed by atoms with Crippen LogP contribution in [0.1, 0.15) is 117 Å². The molecule has 0 unspecified atom stereocenters. The summed E-state index contributed by atoms with van der Waals surface area (Å²) < 4.78 is 11.5. The van der Waals surface area contributed by atoms with E-state index in [2.05, 4.69) is 48.5 Å². The molecule has 0 fully saturated rings. The van der Waals surface area contributed by atoms with Gasteiger partial charge in [0.25, 0.3) is 0 Å². The summed E-state index contributed by atoms with van der Waals surface area (Å²) in [6.45, 7) is 0.711. The summed E-state index contributed by atoms with van der Waals surface area (Å²) in [6, 6.07) is 24.9. The molecular formula is C41H42O10. The number of hydrogen-bond donors (Lipinski definition) is 4. The summed E-state index contributed by atoms with van der Waals surface area (Å²) in [5.41, 5.74) is 4.66. The fourth-order valence-corrected chi connectivity index (χ4v) is 7.08. The highest BCUT2D eigenvalue weighted by molar-refractivity contribution is 5.95. The fraction of sp³-hybridized carbons (Fsp3) is 0.317. The smallest absolute Gasteiger partial charge is 0.335 e. The maximum atomic E-state index is 11.4. The molecule has 10 nitrogen and oxygen atoms in total. The number of unbranched alkanes of at least 4 members (excludes halogenated alkanes) is 6. The lowest BCUT2D eigenvalue weighted by Crippen LogP contribution is -2.25. The number of aromatic carboxylic acids is 4. The van der Waals surface area contributed by atoms with Crippen LogP contribution in [0, 0.1) is 0 Å². The van der Waals surface area contributed by atoms with Crippen LogP contribution in [0.25, 0.3) is 11.1 Å². The van der Waals surface area contributed by atoms with Gasteiger partial charge >= 0.3 is 23.9 Å². The average Bonchev–Trinajstić information content (AvgIpc) is 3.40. The van der Waals surface area contributed by atoms with E-state index in [1.54, 1.807) is 0 Å². The van der Waals surface area contributed by atoms with Gasteiger partial charge in [-0.1, -0.05) is 87.1 Å². The lowest BCUT2D eigenvalue weighted by atomic mass is 9.70. The maximum Gasteiger partial charge on any atom is 0.335 e. The van der Waals surface area contributed by atoms with Gasteiger partial charge < -0.3 is 29.9 Å². The van der Waals surface area contributed by atoms with Gasteiger partial charge in [-0.2, -0.15) is 0 Å². The third-order valence-corrected chi connectivity index (χ3v) is 9.51. The highest BCUT2D eigenvalue weighted by Crippen LogP contribution is 2.54. The Morgan fingerprint density at radius 1 is 0.451 bits per heavy atom. The number of fused-ring (bicyclic) bond motifs is 3. The quantitative estimate of drug-likeness (QED) is 0.0656. The van der Waals surface area contributed by atoms with Crippen LogP contribution < -0.4 is 9.47 Å². The van der Waals surface area contributed by atoms with Crippen molar-refractivity contribution in [2.24, 2.45) is 0 Å². The second-order valence-corrected chi connectivity index (χ2v) is 12.9. The lowest BCUT2D eigenvalue weighted by molar-refractivity contribution is 0.0675. The predicted molar refractivity (Wildman–Crippen MR) is 191 cm³/mol. The van der Waals surface area contributed by atoms with Crippen molar-refractivity contribution in [3.05, 3.63) is 118 Å². The molecule has 10 heteroatoms. The van der Waals surface area contributed by atoms with Crippen LogP contribution >= 0.6 is 0 Å². The summed E-state index contributed by atoms with van der Waals surface area (Å²) in [7, 11) is 0. The van der Waals surface area contributed by atoms with E-state index in [0.717, 1.165) is 76.3 Å². The molecule has 0 aliphatic heterocycles. The van der Waals surface area contributed by atoms with Gasteiger partial charge in [-0.05, 0) is 84.3 Å². The Morgan fingerprint density at radius 2 is 0.784 bits per heavy atom. The molecule has 266 valence electrons. The van der Waals surface area contributed by atoms with Crippen LogP contribution in [0.2, 0.25) is 0 Å². The standard InChI is InChI=1S/C41H42O10/c42-37(43)27-21-28(38(44)45)24-31(23-27)50-19-11-3-1-9-17-41(35-15-7-5-13-33(35)34-14-6-8-16-36(34)41)18-10-2-4-12-20-51-32-25-29(39(46)47)22-30(26-32)40(48)49/h5-8,13-16,21-26H,1-4,9-12,17-20H2,(H,42,43)(H,44,45)(H,46,47)(H,48,49). The Balaban J connectivity index is 1.15. The van der Waals surface area contributed by atoms with Gasteiger partial charge in [-0.15, -0.1) is 0 Å². The molecule has 0 spiro atoms. The molecule has 0 radical (unpaired) electrons. The molecule has 0 saturated heterocycles. The van der Waals surface area contributed by atoms with Crippen LogP contribution in [0.4, 0.5) is 0 Å². The van der Waals surface area contributed by atoms with Gasteiger partial charge in [-0.3, -0.25) is 0 Å². The molecule has 0 atom stereocenters. The number of benzene rings is 4. The first-order valence-electron chi connectivity index (χ1n) is 17.3. The molecule has 1 aliphatic rings. The second-order valence-electron chi connectivity index (χ2n) is 12.9. The van der Waals surface area contributed by atoms with E-state index in [1.165, 1.54) is 46.5 Å². The summed E-state index contributed by atoms with van der Waals surface area (Å²) >= 11 is 0. The number of ether oxygens (including phenoxy) is 2. The molecule has 4 aromatic carbocycles. The first-order valence-corrected chi connectivity index (χ1v) is 17.3. The molecule has 5 rings (SSSR count). The van der Waals surface area contributed by atoms with Crippen molar-refractivity contribution in [3.63, 3.8) is 0 Å². The van der Waals surface area contributed by atoms with Gasteiger partial charge in [0, 0.05) is 5.41 Å². The highest BCUT2D eigenvalue weighted by atomic mass is 16.5. The van der Waals surface area contributed by atoms with E-state index in [1.807, 2.05) is 0 Å². The summed E-state index contributed by atoms with van der Waals surface area (Å²) in [5.74, 6) is -4.37. The lowest BCUT2D eigenvalue weighted by Gasteiger charge is -2.33. The van der Waals surface area contributed by atoms with E-state index in [4.69, 9.17) is 9.47 Å². The molecule has 0 saturated carbocycles. The first-order chi connectivity index (χ1) is 24.6. The zero-order valence-corrected chi connectivity index (χ0v) is 28.3. The summed E-state index contributed by atoms with van der Waals surface area (Å²) in [4.78, 5) is 45.6. The van der Waals surface area contributed by atoms with Crippen molar-refractivity contribution in [1.82, 2.24) is 0 Å². The van der Waals surface area contributed by atoms with Crippen LogP contribution in [0.5, 0.6) is 11.5 Å². The Kier molecular flexibility index (Phi) is 12.1. The Morgan fingerprint density at radius 3 is 1.14 bits per heavy atom. The van der Waals surface area contributed by atoms with Crippen LogP contribution in [0.15, 0.2) is 84.9 Å². The van der Waals surface area contributed by atoms with E-state index in [0.29, 0.717) is 13.2 Å². The van der Waals surface area contributed by atoms with Crippen LogP contribution in [-0.4, -0.2) is 57.5 Å². The molecule has 4 N–H and O–H groups in total. The van der Waals surface area contributed by atoms with E-state index < -0.39 is 23.9 Å². The minimum Gasteiger partial charge on any atom is -0.494 e. The number of carbonyl (C=O) groups is 4. The van der Waals surface area contributed by atoms with E-state index in [-0.39, 0.29) is 39.2 Å². The largest absolute Gasteiger partial charge is 0.494 e. The van der Waals surface area contributed by atoms with Crippen molar-refractivity contribution in [1.29, 1.82) is 0 Å². The molecule has 0 aromatic heterocycles. The molecule has 4 aromatic rings. The summed E-state index contributed by atoms with van der Waals surface area (Å²) in [6.07, 6.45) is 9.26. The minimum atomic E-state index is -1.21. The zero-order chi connectivity index (χ0) is 36.4. The van der Waals surface area contributed by atoms with E-state index >= 15 is 0 Å². The molecule has 1 aliphatic carbocycles. The maximum absolute atomic E-state index is 11.4. The van der Waals surface area contributed by atoms with Crippen molar-refractivity contribution >= 4 is 23.9 Å². The van der Waals surface area contributed by atoms with Crippen molar-refractivity contribution < 1.29 is 49.1 Å². The molecule has 51 heavy (non-hydrogen) atoms. The summed E-state index contributed by atoms with van der Waals surface area (Å²) in [5, 5.41) is 37.3. The third-order valence-electron chi connectivity index (χ3n) is 9.51. The normalized spacial score (nSPS) is 12.5. The molecule has 0 bridgehead atoms. The Labute approximate surface area is 296 Å². The number of carboxylic acids is 4. The number of rotatable bonds is 20. The van der Waals surface area contributed by atoms with Gasteiger partial charge in [-0.25, -0.2) is 19.2 Å². The first kappa shape index (κ1) is 36.6. The average molecular weight is 695 g/mol. The van der Waals surface area contributed by atoms with Gasteiger partial charge in [0.2, 0.25) is 0 Å². The fourth-order valence-electron chi connectivity index (χ4n) is 7.08. The topological polar surface area (TPSA) is 168 Å². The molecule has 0 amide bonds.